The van der Waals surface area contributed by atoms with Gasteiger partial charge in [0.05, 0.1) is 49.7 Å². The summed E-state index contributed by atoms with van der Waals surface area (Å²) in [6.45, 7) is 4.89. The summed E-state index contributed by atoms with van der Waals surface area (Å²) >= 11 is 0. The number of alkyl carbamates (subject to hydrolysis) is 2. The van der Waals surface area contributed by atoms with Crippen molar-refractivity contribution in [1.29, 1.82) is 0 Å². The van der Waals surface area contributed by atoms with Crippen LogP contribution in [-0.4, -0.2) is 93.6 Å². The van der Waals surface area contributed by atoms with E-state index in [0.29, 0.717) is 24.8 Å². The number of nitrogens with one attached hydrogen (secondary N) is 4. The van der Waals surface area contributed by atoms with Crippen LogP contribution in [0.2, 0.25) is 0 Å². The number of benzene rings is 3. The number of likely N-dealkylation sites (tertiary alicyclic amines) is 1. The van der Waals surface area contributed by atoms with Gasteiger partial charge in [0, 0.05) is 23.5 Å². The van der Waals surface area contributed by atoms with Crippen LogP contribution in [-0.2, 0) is 32.2 Å². The van der Waals surface area contributed by atoms with Gasteiger partial charge in [-0.3, -0.25) is 9.59 Å². The van der Waals surface area contributed by atoms with E-state index in [2.05, 4.69) is 59.3 Å². The van der Waals surface area contributed by atoms with E-state index in [9.17, 15) is 19.2 Å². The highest BCUT2D eigenvalue weighted by atomic mass is 16.5. The maximum absolute atomic E-state index is 13.0. The first-order valence-corrected chi connectivity index (χ1v) is 17.7. The summed E-state index contributed by atoms with van der Waals surface area (Å²) in [6.07, 6.45) is 2.81. The molecule has 4 amide bonds. The topological polar surface area (TPSA) is 184 Å². The van der Waals surface area contributed by atoms with E-state index >= 15 is 0 Å². The Labute approximate surface area is 305 Å². The minimum absolute atomic E-state index is 0.0598. The summed E-state index contributed by atoms with van der Waals surface area (Å²) in [5.41, 5.74) is 6.54. The number of aromatic amines is 2. The number of carbonyl (C=O) groups is 4. The van der Waals surface area contributed by atoms with E-state index in [4.69, 9.17) is 9.72 Å². The molecule has 7 rings (SSSR count). The third-order valence-electron chi connectivity index (χ3n) is 10.1. The molecule has 2 aromatic heterocycles. The van der Waals surface area contributed by atoms with Gasteiger partial charge in [-0.05, 0) is 72.5 Å². The van der Waals surface area contributed by atoms with Crippen LogP contribution in [0.3, 0.4) is 0 Å². The molecule has 0 radical (unpaired) electrons. The fourth-order valence-corrected chi connectivity index (χ4v) is 7.09. The summed E-state index contributed by atoms with van der Waals surface area (Å²) in [7, 11) is 2.52. The van der Waals surface area contributed by atoms with Gasteiger partial charge >= 0.3 is 12.2 Å². The number of aromatic nitrogens is 4. The van der Waals surface area contributed by atoms with Crippen LogP contribution in [0.15, 0.2) is 48.7 Å². The van der Waals surface area contributed by atoms with Crippen molar-refractivity contribution >= 4 is 45.8 Å². The molecule has 3 aromatic carbocycles. The van der Waals surface area contributed by atoms with E-state index in [0.717, 1.165) is 74.8 Å². The first-order chi connectivity index (χ1) is 25.7. The predicted molar refractivity (Wildman–Crippen MR) is 196 cm³/mol. The van der Waals surface area contributed by atoms with Crippen molar-refractivity contribution in [3.63, 3.8) is 0 Å². The van der Waals surface area contributed by atoms with Gasteiger partial charge in [-0.2, -0.15) is 0 Å². The SMILES string of the molecule is CC[C@H](C)N(Cc1ncc(-c2ccc3c(c2)COc2cc4c(ccc5nc([C@@H]6CCCN6C(=O)CNC(=O)OC)[nH]c54)cc2-3)[nH]1)C(=O)CNC(=O)OC. The first kappa shape index (κ1) is 35.3. The molecule has 0 bridgehead atoms. The molecule has 4 heterocycles. The van der Waals surface area contributed by atoms with E-state index in [1.165, 1.54) is 14.2 Å². The molecule has 2 aliphatic heterocycles. The summed E-state index contributed by atoms with van der Waals surface area (Å²) < 4.78 is 15.5. The minimum Gasteiger partial charge on any atom is -0.488 e. The number of fused-ring (bicyclic) bond motifs is 6. The van der Waals surface area contributed by atoms with E-state index < -0.39 is 12.2 Å². The molecule has 0 unspecified atom stereocenters. The maximum Gasteiger partial charge on any atom is 0.407 e. The number of H-pyrrole nitrogens is 2. The van der Waals surface area contributed by atoms with Crippen LogP contribution in [0.1, 0.15) is 56.4 Å². The fourth-order valence-electron chi connectivity index (χ4n) is 7.09. The third-order valence-corrected chi connectivity index (χ3v) is 10.1. The molecule has 276 valence electrons. The number of amides is 4. The number of hydrogen-bond donors (Lipinski definition) is 4. The van der Waals surface area contributed by atoms with Crippen LogP contribution in [0.4, 0.5) is 9.59 Å². The van der Waals surface area contributed by atoms with Gasteiger partial charge in [-0.1, -0.05) is 25.1 Å². The Kier molecular flexibility index (Phi) is 9.89. The number of hydrogen-bond acceptors (Lipinski definition) is 9. The minimum atomic E-state index is -0.658. The monoisotopic (exact) mass is 722 g/mol. The molecule has 1 saturated heterocycles. The first-order valence-electron chi connectivity index (χ1n) is 17.7. The molecule has 15 nitrogen and oxygen atoms in total. The van der Waals surface area contributed by atoms with Crippen LogP contribution >= 0.6 is 0 Å². The van der Waals surface area contributed by atoms with Gasteiger partial charge in [0.15, 0.2) is 0 Å². The van der Waals surface area contributed by atoms with Gasteiger partial charge < -0.3 is 44.6 Å². The zero-order valence-electron chi connectivity index (χ0n) is 30.1. The molecular weight excluding hydrogens is 680 g/mol. The smallest absolute Gasteiger partial charge is 0.407 e. The average molecular weight is 723 g/mol. The summed E-state index contributed by atoms with van der Waals surface area (Å²) in [5, 5.41) is 6.93. The zero-order valence-corrected chi connectivity index (χ0v) is 30.1. The number of rotatable bonds is 10. The normalized spacial score (nSPS) is 15.3. The second-order valence-electron chi connectivity index (χ2n) is 13.3. The van der Waals surface area contributed by atoms with Crippen molar-refractivity contribution in [2.75, 3.05) is 33.9 Å². The molecule has 2 atom stereocenters. The number of ether oxygens (including phenoxy) is 3. The van der Waals surface area contributed by atoms with Crippen molar-refractivity contribution in [3.8, 4) is 28.1 Å². The molecule has 4 N–H and O–H groups in total. The van der Waals surface area contributed by atoms with Gasteiger partial charge in [0.2, 0.25) is 11.8 Å². The number of nitrogens with zero attached hydrogens (tertiary/aromatic N) is 4. The molecule has 2 aliphatic rings. The Bertz CT molecular complexity index is 2210. The molecule has 0 spiro atoms. The van der Waals surface area contributed by atoms with Crippen molar-refractivity contribution in [1.82, 2.24) is 40.4 Å². The lowest BCUT2D eigenvalue weighted by molar-refractivity contribution is -0.133. The Morgan fingerprint density at radius 1 is 1.02 bits per heavy atom. The van der Waals surface area contributed by atoms with Gasteiger partial charge in [-0.15, -0.1) is 0 Å². The lowest BCUT2D eigenvalue weighted by Gasteiger charge is -2.28. The van der Waals surface area contributed by atoms with Crippen LogP contribution in [0.25, 0.3) is 44.2 Å². The average Bonchev–Trinajstić information content (AvgIpc) is 3.97. The highest BCUT2D eigenvalue weighted by molar-refractivity contribution is 6.07. The van der Waals surface area contributed by atoms with E-state index in [1.54, 1.807) is 16.0 Å². The van der Waals surface area contributed by atoms with Crippen LogP contribution in [0.5, 0.6) is 5.75 Å². The van der Waals surface area contributed by atoms with Crippen molar-refractivity contribution in [2.45, 2.75) is 58.3 Å². The Morgan fingerprint density at radius 3 is 2.58 bits per heavy atom. The second kappa shape index (κ2) is 14.9. The summed E-state index contributed by atoms with van der Waals surface area (Å²) in [4.78, 5) is 68.7. The van der Waals surface area contributed by atoms with E-state index in [-0.39, 0.29) is 43.5 Å². The molecule has 0 aliphatic carbocycles. The quantitative estimate of drug-likeness (QED) is 0.151. The second-order valence-corrected chi connectivity index (χ2v) is 13.3. The van der Waals surface area contributed by atoms with Crippen LogP contribution in [0, 0.1) is 0 Å². The molecule has 5 aromatic rings. The summed E-state index contributed by atoms with van der Waals surface area (Å²) in [5.74, 6) is 1.70. The largest absolute Gasteiger partial charge is 0.488 e. The lowest BCUT2D eigenvalue weighted by atomic mass is 9.92. The highest BCUT2D eigenvalue weighted by Crippen LogP contribution is 2.43. The van der Waals surface area contributed by atoms with Gasteiger partial charge in [0.25, 0.3) is 0 Å². The molecule has 1 fully saturated rings. The summed E-state index contributed by atoms with van der Waals surface area (Å²) in [6, 6.07) is 14.2. The number of imidazole rings is 2. The van der Waals surface area contributed by atoms with E-state index in [1.807, 2.05) is 32.0 Å². The molecule has 53 heavy (non-hydrogen) atoms. The van der Waals surface area contributed by atoms with Gasteiger partial charge in [-0.25, -0.2) is 19.6 Å². The number of methoxy groups -OCH3 is 2. The maximum atomic E-state index is 13.0. The van der Waals surface area contributed by atoms with Crippen molar-refractivity contribution < 1.29 is 33.4 Å². The molecule has 15 heteroatoms. The fraction of sp³-hybridized carbons (Fsp3) is 0.368. The van der Waals surface area contributed by atoms with Crippen molar-refractivity contribution in [2.24, 2.45) is 0 Å². The van der Waals surface area contributed by atoms with Crippen molar-refractivity contribution in [3.05, 3.63) is 65.9 Å². The van der Waals surface area contributed by atoms with Gasteiger partial charge in [0.1, 0.15) is 37.1 Å². The lowest BCUT2D eigenvalue weighted by Crippen LogP contribution is -2.44. The number of carbonyl (C=O) groups excluding carboxylic acids is 4. The third kappa shape index (κ3) is 7.06. The molecule has 0 saturated carbocycles. The Balaban J connectivity index is 1.11. The zero-order chi connectivity index (χ0) is 37.2. The Morgan fingerprint density at radius 2 is 1.81 bits per heavy atom. The standard InChI is InChI=1S/C38H42N8O7/c1-5-21(2)46(34(48)18-41-38(50)52-4)19-32-39-16-29(42-32)23-8-10-25-24(13-23)20-53-31-15-26-22(14-27(25)31)9-11-28-35(26)44-36(43-28)30-7-6-12-45(30)33(47)17-40-37(49)51-3/h8-11,13-16,21,30H,5-7,12,17-20H2,1-4H3,(H,39,42)(H,40,49)(H,41,50)(H,43,44)/t21-,30-/m0/s1. The highest BCUT2D eigenvalue weighted by Gasteiger charge is 2.32. The molecular formula is C38H42N8O7. The van der Waals surface area contributed by atoms with Crippen LogP contribution < -0.4 is 15.4 Å². The predicted octanol–water partition coefficient (Wildman–Crippen LogP) is 5.17. The Hall–Kier alpha value is -6.12.